The number of nitrogens with zero attached hydrogens (tertiary/aromatic N) is 1. The maximum absolute atomic E-state index is 13.0. The lowest BCUT2D eigenvalue weighted by molar-refractivity contribution is -0.134. The lowest BCUT2D eigenvalue weighted by atomic mass is 10.1. The van der Waals surface area contributed by atoms with Gasteiger partial charge in [-0.3, -0.25) is 4.79 Å². The van der Waals surface area contributed by atoms with Gasteiger partial charge in [0.05, 0.1) is 12.0 Å². The highest BCUT2D eigenvalue weighted by molar-refractivity contribution is 5.84. The van der Waals surface area contributed by atoms with Gasteiger partial charge in [0.25, 0.3) is 0 Å². The van der Waals surface area contributed by atoms with Gasteiger partial charge in [0.1, 0.15) is 0 Å². The van der Waals surface area contributed by atoms with E-state index < -0.39 is 0 Å². The second kappa shape index (κ2) is 5.26. The number of rotatable bonds is 3. The van der Waals surface area contributed by atoms with E-state index in [0.29, 0.717) is 11.8 Å². The zero-order valence-electron chi connectivity index (χ0n) is 14.4. The minimum atomic E-state index is 0.0980. The smallest absolute Gasteiger partial charge is 0.227 e. The average molecular weight is 297 g/mol. The number of allylic oxidation sites excluding steroid dienone is 2. The van der Waals surface area contributed by atoms with Gasteiger partial charge in [-0.1, -0.05) is 49.8 Å². The van der Waals surface area contributed by atoms with Crippen LogP contribution < -0.4 is 0 Å². The number of carbonyl (C=O) groups is 1. The number of fused-ring (bicyclic) bond motifs is 1. The molecule has 1 amide bonds. The fourth-order valence-electron chi connectivity index (χ4n) is 4.13. The van der Waals surface area contributed by atoms with Crippen molar-refractivity contribution >= 4 is 5.91 Å². The number of benzene rings is 1. The Morgan fingerprint density at radius 1 is 1.27 bits per heavy atom. The Bertz CT molecular complexity index is 624. The molecule has 2 heteroatoms. The molecule has 22 heavy (non-hydrogen) atoms. The van der Waals surface area contributed by atoms with Crippen LogP contribution in [0.1, 0.15) is 51.3 Å². The van der Waals surface area contributed by atoms with Crippen LogP contribution in [0.25, 0.3) is 0 Å². The molecule has 0 aromatic heterocycles. The molecule has 0 saturated heterocycles. The van der Waals surface area contributed by atoms with E-state index in [-0.39, 0.29) is 17.4 Å². The molecule has 0 aliphatic heterocycles. The summed E-state index contributed by atoms with van der Waals surface area (Å²) < 4.78 is 0. The summed E-state index contributed by atoms with van der Waals surface area (Å²) in [5, 5.41) is 0. The van der Waals surface area contributed by atoms with Gasteiger partial charge < -0.3 is 4.90 Å². The molecule has 1 saturated carbocycles. The molecule has 3 atom stereocenters. The monoisotopic (exact) mass is 297 g/mol. The Kier molecular flexibility index (Phi) is 3.66. The largest absolute Gasteiger partial charge is 0.338 e. The summed E-state index contributed by atoms with van der Waals surface area (Å²) >= 11 is 0. The molecular formula is C20H27NO. The summed E-state index contributed by atoms with van der Waals surface area (Å²) in [6, 6.07) is 8.82. The maximum Gasteiger partial charge on any atom is 0.227 e. The van der Waals surface area contributed by atoms with Crippen molar-refractivity contribution in [2.75, 3.05) is 7.05 Å². The van der Waals surface area contributed by atoms with Crippen LogP contribution in [0, 0.1) is 17.3 Å². The summed E-state index contributed by atoms with van der Waals surface area (Å²) in [7, 11) is 1.99. The van der Waals surface area contributed by atoms with Crippen LogP contribution in [0.15, 0.2) is 35.9 Å². The summed E-state index contributed by atoms with van der Waals surface area (Å²) in [6.45, 7) is 8.67. The fourth-order valence-corrected chi connectivity index (χ4v) is 4.13. The molecular weight excluding hydrogens is 270 g/mol. The minimum Gasteiger partial charge on any atom is -0.338 e. The Hall–Kier alpha value is -1.57. The van der Waals surface area contributed by atoms with Crippen LogP contribution in [0.5, 0.6) is 0 Å². The normalized spacial score (nSPS) is 28.0. The molecule has 0 unspecified atom stereocenters. The van der Waals surface area contributed by atoms with Gasteiger partial charge in [0.2, 0.25) is 5.91 Å². The Labute approximate surface area is 134 Å². The predicted molar refractivity (Wildman–Crippen MR) is 90.5 cm³/mol. The van der Waals surface area contributed by atoms with E-state index in [4.69, 9.17) is 0 Å². The molecule has 2 aliphatic carbocycles. The first-order valence-corrected chi connectivity index (χ1v) is 8.33. The molecule has 0 N–H and O–H groups in total. The van der Waals surface area contributed by atoms with Gasteiger partial charge in [0, 0.05) is 7.05 Å². The van der Waals surface area contributed by atoms with Crippen molar-refractivity contribution in [2.45, 2.75) is 46.6 Å². The standard InChI is InChI=1S/C20H27NO/c1-13(2)12-16-18(20(16,3)4)19(22)21(5)17-11-10-14-8-6-7-9-15(14)17/h6-9,12,16-18H,10-11H2,1-5H3/t16-,17+,18-/m1/s1. The highest BCUT2D eigenvalue weighted by Crippen LogP contribution is 2.60. The molecule has 1 aromatic rings. The highest BCUT2D eigenvalue weighted by Gasteiger charge is 2.61. The summed E-state index contributed by atoms with van der Waals surface area (Å²) in [6.07, 6.45) is 4.42. The third-order valence-corrected chi connectivity index (χ3v) is 5.61. The molecule has 118 valence electrons. The van der Waals surface area contributed by atoms with Crippen molar-refractivity contribution in [1.29, 1.82) is 0 Å². The average Bonchev–Trinajstić information content (AvgIpc) is 2.84. The van der Waals surface area contributed by atoms with Gasteiger partial charge in [-0.2, -0.15) is 0 Å². The summed E-state index contributed by atoms with van der Waals surface area (Å²) in [5.41, 5.74) is 4.15. The lowest BCUT2D eigenvalue weighted by Crippen LogP contribution is -2.32. The third-order valence-electron chi connectivity index (χ3n) is 5.61. The van der Waals surface area contributed by atoms with Gasteiger partial charge in [-0.25, -0.2) is 0 Å². The maximum atomic E-state index is 13.0. The van der Waals surface area contributed by atoms with Crippen LogP contribution >= 0.6 is 0 Å². The van der Waals surface area contributed by atoms with Crippen LogP contribution in [0.4, 0.5) is 0 Å². The van der Waals surface area contributed by atoms with Gasteiger partial charge in [-0.15, -0.1) is 0 Å². The predicted octanol–water partition coefficient (Wildman–Crippen LogP) is 4.37. The molecule has 0 heterocycles. The van der Waals surface area contributed by atoms with Crippen molar-refractivity contribution in [2.24, 2.45) is 17.3 Å². The Morgan fingerprint density at radius 3 is 2.64 bits per heavy atom. The number of aryl methyl sites for hydroxylation is 1. The lowest BCUT2D eigenvalue weighted by Gasteiger charge is -2.26. The Morgan fingerprint density at radius 2 is 1.95 bits per heavy atom. The Balaban J connectivity index is 1.78. The van der Waals surface area contributed by atoms with Gasteiger partial charge in [0.15, 0.2) is 0 Å². The number of hydrogen-bond acceptors (Lipinski definition) is 1. The fraction of sp³-hybridized carbons (Fsp3) is 0.550. The summed E-state index contributed by atoms with van der Waals surface area (Å²) in [5.74, 6) is 0.846. The molecule has 2 aliphatic rings. The van der Waals surface area contributed by atoms with E-state index in [1.165, 1.54) is 16.7 Å². The molecule has 1 fully saturated rings. The number of amides is 1. The van der Waals surface area contributed by atoms with Crippen molar-refractivity contribution in [3.05, 3.63) is 47.0 Å². The van der Waals surface area contributed by atoms with E-state index >= 15 is 0 Å². The highest BCUT2D eigenvalue weighted by atomic mass is 16.2. The van der Waals surface area contributed by atoms with Crippen LogP contribution in [0.2, 0.25) is 0 Å². The van der Waals surface area contributed by atoms with E-state index in [9.17, 15) is 4.79 Å². The first-order chi connectivity index (χ1) is 10.3. The number of hydrogen-bond donors (Lipinski definition) is 0. The molecule has 0 spiro atoms. The van der Waals surface area contributed by atoms with Crippen LogP contribution in [-0.2, 0) is 11.2 Å². The molecule has 0 bridgehead atoms. The third kappa shape index (κ3) is 2.39. The zero-order valence-corrected chi connectivity index (χ0v) is 14.4. The first kappa shape index (κ1) is 15.3. The van der Waals surface area contributed by atoms with E-state index in [1.807, 2.05) is 11.9 Å². The second-order valence-corrected chi connectivity index (χ2v) is 7.77. The van der Waals surface area contributed by atoms with Gasteiger partial charge >= 0.3 is 0 Å². The molecule has 1 aromatic carbocycles. The van der Waals surface area contributed by atoms with E-state index in [1.54, 1.807) is 0 Å². The van der Waals surface area contributed by atoms with Crippen LogP contribution in [0.3, 0.4) is 0 Å². The van der Waals surface area contributed by atoms with Crippen molar-refractivity contribution < 1.29 is 4.79 Å². The molecule has 0 radical (unpaired) electrons. The van der Waals surface area contributed by atoms with Gasteiger partial charge in [-0.05, 0) is 49.1 Å². The first-order valence-electron chi connectivity index (χ1n) is 8.33. The summed E-state index contributed by atoms with van der Waals surface area (Å²) in [4.78, 5) is 15.0. The topological polar surface area (TPSA) is 20.3 Å². The van der Waals surface area contributed by atoms with Crippen molar-refractivity contribution in [1.82, 2.24) is 4.90 Å². The van der Waals surface area contributed by atoms with Crippen molar-refractivity contribution in [3.63, 3.8) is 0 Å². The van der Waals surface area contributed by atoms with Crippen LogP contribution in [-0.4, -0.2) is 17.9 Å². The van der Waals surface area contributed by atoms with E-state index in [2.05, 4.69) is 58.0 Å². The zero-order chi connectivity index (χ0) is 16.1. The minimum absolute atomic E-state index is 0.0980. The quantitative estimate of drug-likeness (QED) is 0.759. The second-order valence-electron chi connectivity index (χ2n) is 7.77. The molecule has 3 rings (SSSR count). The molecule has 2 nitrogen and oxygen atoms in total. The SMILES string of the molecule is CC(C)=C[C@@H]1[C@H](C(=O)N(C)[C@H]2CCc3ccccc32)C1(C)C. The van der Waals surface area contributed by atoms with Crippen molar-refractivity contribution in [3.8, 4) is 0 Å². The van der Waals surface area contributed by atoms with E-state index in [0.717, 1.165) is 12.8 Å². The number of carbonyl (C=O) groups excluding carboxylic acids is 1.